The molecular formula is C10H8N2O4. The SMILES string of the molecule is CC(=O)O/C(C#N)=C\C=C(\C#N)OC(C)=O. The number of nitrogens with zero attached hydrogens (tertiary/aromatic N) is 2. The number of carbonyl (C=O) groups is 2. The van der Waals surface area contributed by atoms with Gasteiger partial charge in [0.15, 0.2) is 0 Å². The van der Waals surface area contributed by atoms with E-state index in [2.05, 4.69) is 9.47 Å². The van der Waals surface area contributed by atoms with E-state index < -0.39 is 11.9 Å². The molecule has 0 aromatic carbocycles. The molecule has 0 bridgehead atoms. The number of carbonyl (C=O) groups excluding carboxylic acids is 2. The van der Waals surface area contributed by atoms with Gasteiger partial charge in [-0.3, -0.25) is 9.59 Å². The van der Waals surface area contributed by atoms with Crippen molar-refractivity contribution in [3.05, 3.63) is 23.7 Å². The van der Waals surface area contributed by atoms with Crippen LogP contribution in [0.1, 0.15) is 13.8 Å². The normalized spacial score (nSPS) is 11.0. The lowest BCUT2D eigenvalue weighted by Gasteiger charge is -1.97. The zero-order valence-electron chi connectivity index (χ0n) is 8.68. The molecule has 0 aliphatic rings. The fourth-order valence-electron chi connectivity index (χ4n) is 0.649. The molecule has 0 heterocycles. The van der Waals surface area contributed by atoms with Crippen LogP contribution in [0.3, 0.4) is 0 Å². The molecule has 0 amide bonds. The summed E-state index contributed by atoms with van der Waals surface area (Å²) in [5.74, 6) is -1.92. The number of allylic oxidation sites excluding steroid dienone is 4. The first-order valence-electron chi connectivity index (χ1n) is 4.08. The van der Waals surface area contributed by atoms with Gasteiger partial charge in [-0.2, -0.15) is 10.5 Å². The number of hydrogen-bond donors (Lipinski definition) is 0. The lowest BCUT2D eigenvalue weighted by Crippen LogP contribution is -1.98. The van der Waals surface area contributed by atoms with Gasteiger partial charge < -0.3 is 9.47 Å². The van der Waals surface area contributed by atoms with E-state index in [1.165, 1.54) is 0 Å². The van der Waals surface area contributed by atoms with Crippen molar-refractivity contribution < 1.29 is 19.1 Å². The molecule has 0 saturated carbocycles. The average molecular weight is 220 g/mol. The summed E-state index contributed by atoms with van der Waals surface area (Å²) < 4.78 is 8.93. The maximum absolute atomic E-state index is 10.5. The number of esters is 2. The molecule has 6 nitrogen and oxygen atoms in total. The summed E-state index contributed by atoms with van der Waals surface area (Å²) in [5.41, 5.74) is 0. The van der Waals surface area contributed by atoms with E-state index in [9.17, 15) is 9.59 Å². The van der Waals surface area contributed by atoms with Crippen molar-refractivity contribution in [3.8, 4) is 12.1 Å². The van der Waals surface area contributed by atoms with Crippen LogP contribution in [0.2, 0.25) is 0 Å². The second-order valence-electron chi connectivity index (χ2n) is 2.47. The lowest BCUT2D eigenvalue weighted by atomic mass is 10.4. The second-order valence-corrected chi connectivity index (χ2v) is 2.47. The molecule has 6 heteroatoms. The summed E-state index contributed by atoms with van der Waals surface area (Å²) in [6.45, 7) is 2.26. The van der Waals surface area contributed by atoms with Crippen molar-refractivity contribution in [3.63, 3.8) is 0 Å². The van der Waals surface area contributed by atoms with Crippen LogP contribution >= 0.6 is 0 Å². The highest BCUT2D eigenvalue weighted by molar-refractivity contribution is 5.68. The van der Waals surface area contributed by atoms with Crippen molar-refractivity contribution >= 4 is 11.9 Å². The quantitative estimate of drug-likeness (QED) is 0.303. The third kappa shape index (κ3) is 5.95. The Morgan fingerprint density at radius 2 is 1.25 bits per heavy atom. The fourth-order valence-corrected chi connectivity index (χ4v) is 0.649. The Kier molecular flexibility index (Phi) is 5.69. The first-order valence-corrected chi connectivity index (χ1v) is 4.08. The molecule has 0 N–H and O–H groups in total. The molecule has 0 atom stereocenters. The molecule has 0 radical (unpaired) electrons. The van der Waals surface area contributed by atoms with E-state index in [0.717, 1.165) is 26.0 Å². The maximum Gasteiger partial charge on any atom is 0.308 e. The van der Waals surface area contributed by atoms with Crippen LogP contribution in [-0.4, -0.2) is 11.9 Å². The van der Waals surface area contributed by atoms with Gasteiger partial charge >= 0.3 is 11.9 Å². The van der Waals surface area contributed by atoms with Crippen molar-refractivity contribution in [1.82, 2.24) is 0 Å². The van der Waals surface area contributed by atoms with Crippen molar-refractivity contribution in [2.24, 2.45) is 0 Å². The third-order valence-electron chi connectivity index (χ3n) is 1.11. The van der Waals surface area contributed by atoms with E-state index in [1.807, 2.05) is 0 Å². The zero-order chi connectivity index (χ0) is 12.6. The molecule has 0 aromatic rings. The minimum atomic E-state index is -0.660. The smallest absolute Gasteiger partial charge is 0.308 e. The molecule has 0 rings (SSSR count). The highest BCUT2D eigenvalue weighted by atomic mass is 16.5. The summed E-state index contributed by atoms with van der Waals surface area (Å²) in [6, 6.07) is 3.18. The highest BCUT2D eigenvalue weighted by Gasteiger charge is 2.02. The van der Waals surface area contributed by atoms with Gasteiger partial charge in [0.2, 0.25) is 11.5 Å². The summed E-state index contributed by atoms with van der Waals surface area (Å²) >= 11 is 0. The second kappa shape index (κ2) is 6.80. The van der Waals surface area contributed by atoms with Gasteiger partial charge in [0.05, 0.1) is 0 Å². The lowest BCUT2D eigenvalue weighted by molar-refractivity contribution is -0.137. The molecular weight excluding hydrogens is 212 g/mol. The minimum Gasteiger partial charge on any atom is -0.415 e. The summed E-state index contributed by atoms with van der Waals surface area (Å²) in [6.07, 6.45) is 2.12. The Morgan fingerprint density at radius 3 is 1.44 bits per heavy atom. The van der Waals surface area contributed by atoms with Gasteiger partial charge in [-0.25, -0.2) is 0 Å². The highest BCUT2D eigenvalue weighted by Crippen LogP contribution is 2.01. The first kappa shape index (κ1) is 13.4. The van der Waals surface area contributed by atoms with E-state index >= 15 is 0 Å². The van der Waals surface area contributed by atoms with E-state index in [4.69, 9.17) is 10.5 Å². The van der Waals surface area contributed by atoms with Gasteiger partial charge in [-0.15, -0.1) is 0 Å². The molecule has 16 heavy (non-hydrogen) atoms. The number of ether oxygens (including phenoxy) is 2. The Hall–Kier alpha value is -2.60. The molecule has 0 spiro atoms. The van der Waals surface area contributed by atoms with Crippen LogP contribution in [0.5, 0.6) is 0 Å². The molecule has 0 aliphatic carbocycles. The monoisotopic (exact) mass is 220 g/mol. The third-order valence-corrected chi connectivity index (χ3v) is 1.11. The predicted octanol–water partition coefficient (Wildman–Crippen LogP) is 0.928. The Morgan fingerprint density at radius 1 is 0.938 bits per heavy atom. The topological polar surface area (TPSA) is 100 Å². The van der Waals surface area contributed by atoms with Gasteiger partial charge in [-0.1, -0.05) is 0 Å². The Labute approximate surface area is 92.0 Å². The first-order chi connectivity index (χ1) is 7.49. The number of rotatable bonds is 3. The van der Waals surface area contributed by atoms with Crippen LogP contribution in [0.4, 0.5) is 0 Å². The van der Waals surface area contributed by atoms with Crippen molar-refractivity contribution in [1.29, 1.82) is 10.5 Å². The van der Waals surface area contributed by atoms with Gasteiger partial charge in [-0.05, 0) is 12.2 Å². The van der Waals surface area contributed by atoms with Crippen molar-refractivity contribution in [2.75, 3.05) is 0 Å². The minimum absolute atomic E-state index is 0.299. The van der Waals surface area contributed by atoms with Crippen molar-refractivity contribution in [2.45, 2.75) is 13.8 Å². The van der Waals surface area contributed by atoms with E-state index in [-0.39, 0.29) is 11.5 Å². The maximum atomic E-state index is 10.5. The Balaban J connectivity index is 4.80. The van der Waals surface area contributed by atoms with Crippen LogP contribution in [0.25, 0.3) is 0 Å². The summed E-state index contributed by atoms with van der Waals surface area (Å²) in [4.78, 5) is 21.0. The molecule has 82 valence electrons. The molecule has 0 unspecified atom stereocenters. The van der Waals surface area contributed by atoms with E-state index in [1.54, 1.807) is 12.1 Å². The standard InChI is InChI=1S/C10H8N2O4/c1-7(13)15-9(5-11)3-4-10(6-12)16-8(2)14/h3-4H,1-2H3/b9-3-,10-4-. The van der Waals surface area contributed by atoms with Gasteiger partial charge in [0, 0.05) is 13.8 Å². The Bertz CT molecular complexity index is 393. The van der Waals surface area contributed by atoms with Crippen LogP contribution < -0.4 is 0 Å². The largest absolute Gasteiger partial charge is 0.415 e. The van der Waals surface area contributed by atoms with Crippen LogP contribution in [-0.2, 0) is 19.1 Å². The fraction of sp³-hybridized carbons (Fsp3) is 0.200. The molecule has 0 fully saturated rings. The number of nitriles is 2. The average Bonchev–Trinajstić information content (AvgIpc) is 2.20. The zero-order valence-corrected chi connectivity index (χ0v) is 8.68. The number of hydrogen-bond acceptors (Lipinski definition) is 6. The predicted molar refractivity (Wildman–Crippen MR) is 50.9 cm³/mol. The van der Waals surface area contributed by atoms with Crippen LogP contribution in [0.15, 0.2) is 23.7 Å². The van der Waals surface area contributed by atoms with Gasteiger partial charge in [0.25, 0.3) is 0 Å². The summed E-state index contributed by atoms with van der Waals surface area (Å²) in [7, 11) is 0. The van der Waals surface area contributed by atoms with Gasteiger partial charge in [0.1, 0.15) is 12.1 Å². The molecule has 0 aromatic heterocycles. The van der Waals surface area contributed by atoms with E-state index in [0.29, 0.717) is 0 Å². The molecule has 0 saturated heterocycles. The summed E-state index contributed by atoms with van der Waals surface area (Å²) in [5, 5.41) is 17.1. The van der Waals surface area contributed by atoms with Crippen LogP contribution in [0, 0.1) is 22.7 Å². The molecule has 0 aliphatic heterocycles.